The van der Waals surface area contributed by atoms with Crippen LogP contribution in [0.1, 0.15) is 23.7 Å². The topological polar surface area (TPSA) is 9.23 Å². The zero-order valence-electron chi connectivity index (χ0n) is 13.3. The van der Waals surface area contributed by atoms with Gasteiger partial charge in [0.05, 0.1) is 25.5 Å². The van der Waals surface area contributed by atoms with E-state index >= 15 is 0 Å². The highest BCUT2D eigenvalue weighted by Gasteiger charge is 2.31. The Labute approximate surface area is 131 Å². The van der Waals surface area contributed by atoms with Gasteiger partial charge < -0.3 is 4.74 Å². The van der Waals surface area contributed by atoms with Gasteiger partial charge >= 0.3 is 6.18 Å². The van der Waals surface area contributed by atoms with Gasteiger partial charge in [-0.3, -0.25) is 0 Å². The maximum atomic E-state index is 12.6. The van der Waals surface area contributed by atoms with E-state index in [1.807, 2.05) is 0 Å². The first-order valence-electron chi connectivity index (χ1n) is 7.15. The van der Waals surface area contributed by atoms with Gasteiger partial charge in [0.25, 0.3) is 0 Å². The van der Waals surface area contributed by atoms with Crippen molar-refractivity contribution in [1.29, 1.82) is 0 Å². The fourth-order valence-corrected chi connectivity index (χ4v) is 3.38. The molecule has 0 spiro atoms. The van der Waals surface area contributed by atoms with Crippen molar-refractivity contribution >= 4 is 8.07 Å². The van der Waals surface area contributed by atoms with E-state index in [2.05, 4.69) is 32.8 Å². The molecule has 2 atom stereocenters. The molecule has 5 heteroatoms. The number of halogens is 3. The molecule has 0 aliphatic rings. The van der Waals surface area contributed by atoms with Crippen molar-refractivity contribution in [2.75, 3.05) is 0 Å². The van der Waals surface area contributed by atoms with Gasteiger partial charge in [-0.05, 0) is 24.1 Å². The van der Waals surface area contributed by atoms with E-state index in [1.54, 1.807) is 12.2 Å². The van der Waals surface area contributed by atoms with E-state index in [4.69, 9.17) is 4.74 Å². The van der Waals surface area contributed by atoms with Crippen LogP contribution in [0.4, 0.5) is 13.2 Å². The molecule has 0 saturated carbocycles. The molecule has 1 rings (SSSR count). The third kappa shape index (κ3) is 5.14. The molecule has 1 aromatic rings. The Hall–Kier alpha value is -1.33. The van der Waals surface area contributed by atoms with Crippen LogP contribution >= 0.6 is 0 Å². The standard InChI is InChI=1S/C17H23F3OSi/c1-6-8-15(21-16(7-2)22(3,4)5)13-9-11-14(12-10-13)17(18,19)20/h6-7,9-12,15-16H,1-2,8H2,3-5H3/t15-,16+/m0/s1. The lowest BCUT2D eigenvalue weighted by atomic mass is 10.0. The maximum Gasteiger partial charge on any atom is 0.416 e. The van der Waals surface area contributed by atoms with Crippen LogP contribution in [0.2, 0.25) is 19.6 Å². The molecule has 1 aromatic carbocycles. The third-order valence-electron chi connectivity index (χ3n) is 3.37. The van der Waals surface area contributed by atoms with E-state index in [0.717, 1.165) is 17.7 Å². The molecule has 0 saturated heterocycles. The smallest absolute Gasteiger partial charge is 0.369 e. The quantitative estimate of drug-likeness (QED) is 0.456. The van der Waals surface area contributed by atoms with E-state index in [9.17, 15) is 13.2 Å². The lowest BCUT2D eigenvalue weighted by Crippen LogP contribution is -2.39. The maximum absolute atomic E-state index is 12.6. The Morgan fingerprint density at radius 2 is 1.68 bits per heavy atom. The van der Waals surface area contributed by atoms with E-state index < -0.39 is 19.8 Å². The molecule has 22 heavy (non-hydrogen) atoms. The normalized spacial score (nSPS) is 15.2. The first-order chi connectivity index (χ1) is 10.1. The van der Waals surface area contributed by atoms with Crippen molar-refractivity contribution < 1.29 is 17.9 Å². The van der Waals surface area contributed by atoms with Crippen molar-refractivity contribution in [2.45, 2.75) is 44.1 Å². The molecular formula is C17H23F3OSi. The Bertz CT molecular complexity index is 500. The zero-order chi connectivity index (χ0) is 17.0. The van der Waals surface area contributed by atoms with E-state index in [0.29, 0.717) is 6.42 Å². The summed E-state index contributed by atoms with van der Waals surface area (Å²) in [4.78, 5) is 0. The van der Waals surface area contributed by atoms with E-state index in [1.165, 1.54) is 12.1 Å². The summed E-state index contributed by atoms with van der Waals surface area (Å²) in [5, 5.41) is 0. The van der Waals surface area contributed by atoms with E-state index in [-0.39, 0.29) is 11.8 Å². The van der Waals surface area contributed by atoms with Gasteiger partial charge in [0.2, 0.25) is 0 Å². The fraction of sp³-hybridized carbons (Fsp3) is 0.412. The van der Waals surface area contributed by atoms with Crippen molar-refractivity contribution in [3.8, 4) is 0 Å². The number of alkyl halides is 3. The summed E-state index contributed by atoms with van der Waals surface area (Å²) in [6, 6.07) is 5.13. The monoisotopic (exact) mass is 328 g/mol. The number of ether oxygens (including phenoxy) is 1. The molecule has 1 nitrogen and oxygen atoms in total. The van der Waals surface area contributed by atoms with Gasteiger partial charge in [-0.2, -0.15) is 13.2 Å². The van der Waals surface area contributed by atoms with Crippen LogP contribution in [-0.2, 0) is 10.9 Å². The zero-order valence-corrected chi connectivity index (χ0v) is 14.3. The van der Waals surface area contributed by atoms with Crippen LogP contribution in [0.5, 0.6) is 0 Å². The summed E-state index contributed by atoms with van der Waals surface area (Å²) in [5.41, 5.74) is -0.00295. The second-order valence-corrected chi connectivity index (χ2v) is 11.6. The summed E-state index contributed by atoms with van der Waals surface area (Å²) in [5.74, 6) is 0. The van der Waals surface area contributed by atoms with Gasteiger partial charge in [0.1, 0.15) is 0 Å². The number of benzene rings is 1. The first-order valence-corrected chi connectivity index (χ1v) is 10.7. The minimum Gasteiger partial charge on any atom is -0.369 e. The highest BCUT2D eigenvalue weighted by molar-refractivity contribution is 6.77. The molecule has 0 heterocycles. The van der Waals surface area contributed by atoms with Crippen LogP contribution in [0.3, 0.4) is 0 Å². The van der Waals surface area contributed by atoms with Crippen LogP contribution in [0.25, 0.3) is 0 Å². The lowest BCUT2D eigenvalue weighted by Gasteiger charge is -2.30. The molecule has 0 aliphatic heterocycles. The summed E-state index contributed by atoms with van der Waals surface area (Å²) < 4.78 is 44.0. The van der Waals surface area contributed by atoms with Crippen molar-refractivity contribution in [1.82, 2.24) is 0 Å². The van der Waals surface area contributed by atoms with Crippen molar-refractivity contribution in [3.63, 3.8) is 0 Å². The van der Waals surface area contributed by atoms with Crippen molar-refractivity contribution in [3.05, 3.63) is 60.7 Å². The summed E-state index contributed by atoms with van der Waals surface area (Å²) in [6.07, 6.45) is -0.594. The van der Waals surface area contributed by atoms with Crippen LogP contribution in [-0.4, -0.2) is 13.8 Å². The molecule has 0 aromatic heterocycles. The van der Waals surface area contributed by atoms with Gasteiger partial charge in [0.15, 0.2) is 0 Å². The summed E-state index contributed by atoms with van der Waals surface area (Å²) in [7, 11) is -1.61. The number of hydrogen-bond donors (Lipinski definition) is 0. The van der Waals surface area contributed by atoms with Gasteiger partial charge in [-0.25, -0.2) is 0 Å². The van der Waals surface area contributed by atoms with Crippen LogP contribution in [0, 0.1) is 0 Å². The van der Waals surface area contributed by atoms with Gasteiger partial charge in [0, 0.05) is 0 Å². The van der Waals surface area contributed by atoms with Crippen LogP contribution < -0.4 is 0 Å². The highest BCUT2D eigenvalue weighted by atomic mass is 28.3. The number of hydrogen-bond acceptors (Lipinski definition) is 1. The Balaban J connectivity index is 3.00. The average molecular weight is 328 g/mol. The molecule has 0 aliphatic carbocycles. The molecule has 0 bridgehead atoms. The predicted molar refractivity (Wildman–Crippen MR) is 87.4 cm³/mol. The van der Waals surface area contributed by atoms with Crippen molar-refractivity contribution in [2.24, 2.45) is 0 Å². The molecule has 0 N–H and O–H groups in total. The summed E-state index contributed by atoms with van der Waals surface area (Å²) in [6.45, 7) is 14.0. The Morgan fingerprint density at radius 1 is 1.14 bits per heavy atom. The van der Waals surface area contributed by atoms with Gasteiger partial charge in [-0.1, -0.05) is 43.9 Å². The summed E-state index contributed by atoms with van der Waals surface area (Å²) >= 11 is 0. The molecular weight excluding hydrogens is 305 g/mol. The van der Waals surface area contributed by atoms with Gasteiger partial charge in [-0.15, -0.1) is 13.2 Å². The molecule has 0 unspecified atom stereocenters. The molecule has 122 valence electrons. The Kier molecular flexibility index (Phi) is 6.20. The lowest BCUT2D eigenvalue weighted by molar-refractivity contribution is -0.137. The molecule has 0 fully saturated rings. The second kappa shape index (κ2) is 7.29. The fourth-order valence-electron chi connectivity index (χ4n) is 2.10. The molecule has 0 amide bonds. The first kappa shape index (κ1) is 18.7. The largest absolute Gasteiger partial charge is 0.416 e. The minimum absolute atomic E-state index is 0.0697. The Morgan fingerprint density at radius 3 is 2.05 bits per heavy atom. The third-order valence-corrected chi connectivity index (χ3v) is 5.45. The predicted octanol–water partition coefficient (Wildman–Crippen LogP) is 5.77. The highest BCUT2D eigenvalue weighted by Crippen LogP contribution is 2.32. The van der Waals surface area contributed by atoms with Crippen LogP contribution in [0.15, 0.2) is 49.6 Å². The minimum atomic E-state index is -4.32. The average Bonchev–Trinajstić information content (AvgIpc) is 2.41. The number of rotatable bonds is 7. The molecule has 0 radical (unpaired) electrons. The second-order valence-electron chi connectivity index (χ2n) is 6.29. The SMILES string of the molecule is C=CC[C@H](O[C@@H](C=C)[Si](C)(C)C)c1ccc(C(F)(F)F)cc1.